The smallest absolute Gasteiger partial charge is 0.155 e. The largest absolute Gasteiger partial charge is 0.295 e. The lowest BCUT2D eigenvalue weighted by Crippen LogP contribution is -2.10. The molecule has 0 saturated heterocycles. The molecule has 0 saturated carbocycles. The lowest BCUT2D eigenvalue weighted by molar-refractivity contribution is -0.116. The minimum absolute atomic E-state index is 0.117. The fraction of sp³-hybridized carbons (Fsp3) is 0.550. The van der Waals surface area contributed by atoms with Gasteiger partial charge in [-0.1, -0.05) is 65.7 Å². The van der Waals surface area contributed by atoms with Crippen LogP contribution in [0.25, 0.3) is 0 Å². The molecule has 1 nitrogen and oxygen atoms in total. The third kappa shape index (κ3) is 12.3. The maximum atomic E-state index is 12.4. The third-order valence-corrected chi connectivity index (χ3v) is 3.03. The van der Waals surface area contributed by atoms with Crippen molar-refractivity contribution in [2.24, 2.45) is 5.41 Å². The molecule has 0 amide bonds. The Morgan fingerprint density at radius 3 is 2.36 bits per heavy atom. The highest BCUT2D eigenvalue weighted by molar-refractivity contribution is 5.89. The molecule has 0 aromatic heterocycles. The van der Waals surface area contributed by atoms with Crippen molar-refractivity contribution in [3.8, 4) is 0 Å². The third-order valence-electron chi connectivity index (χ3n) is 3.03. The van der Waals surface area contributed by atoms with Crippen molar-refractivity contribution in [1.29, 1.82) is 0 Å². The zero-order chi connectivity index (χ0) is 17.0. The first kappa shape index (κ1) is 20.6. The van der Waals surface area contributed by atoms with Gasteiger partial charge in [-0.3, -0.25) is 4.79 Å². The summed E-state index contributed by atoms with van der Waals surface area (Å²) in [6.07, 6.45) is 8.69. The summed E-state index contributed by atoms with van der Waals surface area (Å²) in [7, 11) is 0. The molecule has 22 heavy (non-hydrogen) atoms. The molecule has 1 aromatic carbocycles. The number of carbonyl (C=O) groups is 1. The average molecular weight is 306 g/mol. The average Bonchev–Trinajstić information content (AvgIpc) is 2.42. The minimum Gasteiger partial charge on any atom is -0.295 e. The van der Waals surface area contributed by atoms with Crippen molar-refractivity contribution in [3.63, 3.8) is 0 Å². The number of aryl methyl sites for hydroxylation is 1. The summed E-state index contributed by atoms with van der Waals surface area (Å²) in [6, 6.07) is 6.66. The number of carbonyl (C=O) groups excluding carboxylic acids is 1. The Morgan fingerprint density at radius 1 is 1.23 bits per heavy atom. The number of hydrogen-bond donors (Lipinski definition) is 0. The molecule has 0 aliphatic heterocycles. The second kappa shape index (κ2) is 11.2. The Bertz CT molecular complexity index is 455. The second-order valence-corrected chi connectivity index (χ2v) is 6.73. The monoisotopic (exact) mass is 306 g/mol. The molecule has 0 unspecified atom stereocenters. The van der Waals surface area contributed by atoms with Gasteiger partial charge in [0, 0.05) is 6.42 Å². The fourth-order valence-corrected chi connectivity index (χ4v) is 1.88. The maximum absolute atomic E-state index is 12.4. The van der Waals surface area contributed by atoms with Crippen LogP contribution in [0.3, 0.4) is 0 Å². The summed E-state index contributed by atoms with van der Waals surface area (Å²) in [5.41, 5.74) is 1.17. The molecule has 0 atom stereocenters. The van der Waals surface area contributed by atoms with Gasteiger partial charge in [-0.25, -0.2) is 4.39 Å². The van der Waals surface area contributed by atoms with Gasteiger partial charge in [-0.05, 0) is 42.0 Å². The second-order valence-electron chi connectivity index (χ2n) is 6.73. The van der Waals surface area contributed by atoms with Gasteiger partial charge < -0.3 is 0 Å². The first-order valence-electron chi connectivity index (χ1n) is 8.22. The number of ketones is 1. The first-order valence-corrected chi connectivity index (χ1v) is 8.22. The van der Waals surface area contributed by atoms with E-state index in [1.165, 1.54) is 18.9 Å². The van der Waals surface area contributed by atoms with Crippen LogP contribution in [0.15, 0.2) is 36.4 Å². The first-order chi connectivity index (χ1) is 10.3. The van der Waals surface area contributed by atoms with Crippen molar-refractivity contribution in [2.75, 3.05) is 0 Å². The fourth-order valence-electron chi connectivity index (χ4n) is 1.88. The maximum Gasteiger partial charge on any atom is 0.155 e. The summed E-state index contributed by atoms with van der Waals surface area (Å²) >= 11 is 0. The van der Waals surface area contributed by atoms with Crippen molar-refractivity contribution < 1.29 is 9.18 Å². The molecule has 1 aromatic rings. The highest BCUT2D eigenvalue weighted by Gasteiger charge is 2.13. The van der Waals surface area contributed by atoms with Gasteiger partial charge >= 0.3 is 0 Å². The molecule has 0 aliphatic rings. The molecule has 0 N–H and O–H groups in total. The Kier molecular flexibility index (Phi) is 10.4. The van der Waals surface area contributed by atoms with E-state index < -0.39 is 0 Å². The quantitative estimate of drug-likeness (QED) is 0.456. The van der Waals surface area contributed by atoms with E-state index in [9.17, 15) is 9.18 Å². The Balaban J connectivity index is 0.000000425. The van der Waals surface area contributed by atoms with Crippen molar-refractivity contribution in [1.82, 2.24) is 0 Å². The van der Waals surface area contributed by atoms with Crippen LogP contribution >= 0.6 is 0 Å². The van der Waals surface area contributed by atoms with Crippen LogP contribution in [-0.2, 0) is 11.2 Å². The van der Waals surface area contributed by atoms with E-state index in [2.05, 4.69) is 27.7 Å². The molecule has 0 heterocycles. The van der Waals surface area contributed by atoms with E-state index >= 15 is 0 Å². The van der Waals surface area contributed by atoms with E-state index in [-0.39, 0.29) is 17.0 Å². The number of benzene rings is 1. The molecular weight excluding hydrogens is 275 g/mol. The van der Waals surface area contributed by atoms with Crippen LogP contribution in [-0.4, -0.2) is 5.78 Å². The highest BCUT2D eigenvalue weighted by Crippen LogP contribution is 2.18. The summed E-state index contributed by atoms with van der Waals surface area (Å²) in [6.45, 7) is 10.4. The van der Waals surface area contributed by atoms with Gasteiger partial charge in [0.2, 0.25) is 0 Å². The standard InChI is InChI=1S/C12H22O.C8H9F/c1-5-6-7-8-9-11(13)10-12(2,3)4;1-2-7-4-3-5-8(9)6-7/h8-9H,5-7,10H2,1-4H3;3-6H,2H2,1H3/b9-8-;. The SMILES string of the molecule is CCCC/C=C\C(=O)CC(C)(C)C.CCc1cccc(F)c1. The highest BCUT2D eigenvalue weighted by atomic mass is 19.1. The zero-order valence-corrected chi connectivity index (χ0v) is 14.8. The molecule has 1 rings (SSSR count). The van der Waals surface area contributed by atoms with Gasteiger partial charge in [-0.15, -0.1) is 0 Å². The Labute approximate surface area is 135 Å². The molecule has 0 aliphatic carbocycles. The number of halogens is 1. The number of allylic oxidation sites excluding steroid dienone is 2. The van der Waals surface area contributed by atoms with E-state index in [1.54, 1.807) is 18.2 Å². The van der Waals surface area contributed by atoms with Crippen molar-refractivity contribution in [3.05, 3.63) is 47.8 Å². The van der Waals surface area contributed by atoms with E-state index in [0.717, 1.165) is 18.4 Å². The van der Waals surface area contributed by atoms with Crippen LogP contribution < -0.4 is 0 Å². The summed E-state index contributed by atoms with van der Waals surface area (Å²) < 4.78 is 12.4. The van der Waals surface area contributed by atoms with E-state index in [1.807, 2.05) is 19.1 Å². The molecular formula is C20H31FO. The summed E-state index contributed by atoms with van der Waals surface area (Å²) in [5, 5.41) is 0. The molecule has 2 heteroatoms. The number of unbranched alkanes of at least 4 members (excludes halogenated alkanes) is 2. The zero-order valence-electron chi connectivity index (χ0n) is 14.8. The minimum atomic E-state index is -0.144. The molecule has 0 spiro atoms. The number of hydrogen-bond acceptors (Lipinski definition) is 1. The number of rotatable bonds is 6. The normalized spacial score (nSPS) is 11.2. The predicted octanol–water partition coefficient (Wildman–Crippen LogP) is 6.13. The lowest BCUT2D eigenvalue weighted by atomic mass is 9.90. The van der Waals surface area contributed by atoms with E-state index in [0.29, 0.717) is 6.42 Å². The van der Waals surface area contributed by atoms with Crippen LogP contribution in [0.4, 0.5) is 4.39 Å². The summed E-state index contributed by atoms with van der Waals surface area (Å²) in [4.78, 5) is 11.3. The van der Waals surface area contributed by atoms with Crippen LogP contribution in [0, 0.1) is 11.2 Å². The Hall–Kier alpha value is -1.44. The molecule has 124 valence electrons. The molecule has 0 bridgehead atoms. The molecule has 0 fully saturated rings. The van der Waals surface area contributed by atoms with Crippen LogP contribution in [0.5, 0.6) is 0 Å². The van der Waals surface area contributed by atoms with E-state index in [4.69, 9.17) is 0 Å². The molecule has 0 radical (unpaired) electrons. The Morgan fingerprint density at radius 2 is 1.91 bits per heavy atom. The van der Waals surface area contributed by atoms with Crippen LogP contribution in [0.1, 0.15) is 65.9 Å². The van der Waals surface area contributed by atoms with Crippen molar-refractivity contribution in [2.45, 2.75) is 66.7 Å². The van der Waals surface area contributed by atoms with Gasteiger partial charge in [0.05, 0.1) is 0 Å². The topological polar surface area (TPSA) is 17.1 Å². The van der Waals surface area contributed by atoms with Gasteiger partial charge in [-0.2, -0.15) is 0 Å². The van der Waals surface area contributed by atoms with Crippen LogP contribution in [0.2, 0.25) is 0 Å². The van der Waals surface area contributed by atoms with Gasteiger partial charge in [0.1, 0.15) is 5.82 Å². The van der Waals surface area contributed by atoms with Gasteiger partial charge in [0.25, 0.3) is 0 Å². The summed E-state index contributed by atoms with van der Waals surface area (Å²) in [5.74, 6) is 0.109. The van der Waals surface area contributed by atoms with Crippen molar-refractivity contribution >= 4 is 5.78 Å². The lowest BCUT2D eigenvalue weighted by Gasteiger charge is -2.14. The van der Waals surface area contributed by atoms with Gasteiger partial charge in [0.15, 0.2) is 5.78 Å². The predicted molar refractivity (Wildman–Crippen MR) is 93.5 cm³/mol.